The van der Waals surface area contributed by atoms with Gasteiger partial charge < -0.3 is 15.5 Å². The lowest BCUT2D eigenvalue weighted by Crippen LogP contribution is -2.46. The minimum atomic E-state index is 0. The van der Waals surface area contributed by atoms with Crippen LogP contribution < -0.4 is 5.73 Å². The van der Waals surface area contributed by atoms with Gasteiger partial charge in [-0.2, -0.15) is 0 Å². The number of likely N-dealkylation sites (tertiary alicyclic amines) is 2. The summed E-state index contributed by atoms with van der Waals surface area (Å²) in [5.41, 5.74) is 5.95. The van der Waals surface area contributed by atoms with Crippen molar-refractivity contribution >= 4 is 18.4 Å². The fourth-order valence-corrected chi connectivity index (χ4v) is 2.55. The van der Waals surface area contributed by atoms with E-state index in [0.29, 0.717) is 5.92 Å². The zero-order valence-corrected chi connectivity index (χ0v) is 11.6. The smallest absolute Gasteiger partial charge is 0.320 e. The maximum absolute atomic E-state index is 12.2. The summed E-state index contributed by atoms with van der Waals surface area (Å²) in [6.07, 6.45) is 2.28. The standard InChI is InChI=1S/C12H23N3O.ClH/c1-9-3-5-14(6-4-9)12(16)15-7-10(2)11(13)8-15;/h9-11H,3-8,13H2,1-2H3;1H. The van der Waals surface area contributed by atoms with Crippen LogP contribution in [0, 0.1) is 11.8 Å². The number of hydrogen-bond donors (Lipinski definition) is 1. The first-order valence-electron chi connectivity index (χ1n) is 6.37. The summed E-state index contributed by atoms with van der Waals surface area (Å²) < 4.78 is 0. The lowest BCUT2D eigenvalue weighted by molar-refractivity contribution is 0.141. The van der Waals surface area contributed by atoms with Crippen LogP contribution in [-0.2, 0) is 0 Å². The molecule has 17 heavy (non-hydrogen) atoms. The van der Waals surface area contributed by atoms with Crippen molar-refractivity contribution in [2.24, 2.45) is 17.6 Å². The van der Waals surface area contributed by atoms with Crippen molar-refractivity contribution in [3.8, 4) is 0 Å². The zero-order chi connectivity index (χ0) is 11.7. The summed E-state index contributed by atoms with van der Waals surface area (Å²) >= 11 is 0. The normalized spacial score (nSPS) is 30.3. The number of carbonyl (C=O) groups excluding carboxylic acids is 1. The molecule has 2 rings (SSSR count). The number of halogens is 1. The van der Waals surface area contributed by atoms with E-state index in [1.54, 1.807) is 0 Å². The Balaban J connectivity index is 0.00000144. The van der Waals surface area contributed by atoms with Gasteiger partial charge in [-0.15, -0.1) is 12.4 Å². The second-order valence-electron chi connectivity index (χ2n) is 5.50. The molecule has 5 heteroatoms. The fourth-order valence-electron chi connectivity index (χ4n) is 2.55. The minimum absolute atomic E-state index is 0. The van der Waals surface area contributed by atoms with E-state index in [1.165, 1.54) is 0 Å². The highest BCUT2D eigenvalue weighted by Crippen LogP contribution is 2.20. The lowest BCUT2D eigenvalue weighted by Gasteiger charge is -2.33. The molecule has 2 aliphatic rings. The summed E-state index contributed by atoms with van der Waals surface area (Å²) in [6.45, 7) is 7.77. The van der Waals surface area contributed by atoms with Gasteiger partial charge in [0.15, 0.2) is 0 Å². The number of amides is 2. The molecular formula is C12H24ClN3O. The molecule has 0 aromatic carbocycles. The highest BCUT2D eigenvalue weighted by Gasteiger charge is 2.33. The molecule has 2 heterocycles. The van der Waals surface area contributed by atoms with Crippen molar-refractivity contribution in [3.63, 3.8) is 0 Å². The number of hydrogen-bond acceptors (Lipinski definition) is 2. The monoisotopic (exact) mass is 261 g/mol. The summed E-state index contributed by atoms with van der Waals surface area (Å²) in [7, 11) is 0. The van der Waals surface area contributed by atoms with Crippen LogP contribution in [0.5, 0.6) is 0 Å². The second-order valence-corrected chi connectivity index (χ2v) is 5.50. The van der Waals surface area contributed by atoms with Crippen molar-refractivity contribution in [2.75, 3.05) is 26.2 Å². The first kappa shape index (κ1) is 14.6. The first-order valence-corrected chi connectivity index (χ1v) is 6.37. The van der Waals surface area contributed by atoms with Crippen LogP contribution in [0.1, 0.15) is 26.7 Å². The quantitative estimate of drug-likeness (QED) is 0.719. The van der Waals surface area contributed by atoms with Crippen molar-refractivity contribution in [1.82, 2.24) is 9.80 Å². The minimum Gasteiger partial charge on any atom is -0.326 e. The van der Waals surface area contributed by atoms with E-state index >= 15 is 0 Å². The van der Waals surface area contributed by atoms with Crippen molar-refractivity contribution < 1.29 is 4.79 Å². The highest BCUT2D eigenvalue weighted by molar-refractivity contribution is 5.85. The van der Waals surface area contributed by atoms with Crippen LogP contribution in [-0.4, -0.2) is 48.1 Å². The van der Waals surface area contributed by atoms with Gasteiger partial charge in [-0.1, -0.05) is 13.8 Å². The molecule has 100 valence electrons. The third-order valence-corrected chi connectivity index (χ3v) is 4.00. The van der Waals surface area contributed by atoms with Crippen molar-refractivity contribution in [3.05, 3.63) is 0 Å². The molecule has 0 spiro atoms. The Labute approximate surface area is 110 Å². The molecule has 2 unspecified atom stereocenters. The summed E-state index contributed by atoms with van der Waals surface area (Å²) in [4.78, 5) is 16.1. The van der Waals surface area contributed by atoms with E-state index in [1.807, 2.05) is 9.80 Å². The number of carbonyl (C=O) groups is 1. The zero-order valence-electron chi connectivity index (χ0n) is 10.8. The Bertz CT molecular complexity index is 256. The second kappa shape index (κ2) is 5.91. The number of piperidine rings is 1. The Hall–Kier alpha value is -0.480. The van der Waals surface area contributed by atoms with Gasteiger partial charge in [0.25, 0.3) is 0 Å². The van der Waals surface area contributed by atoms with Crippen LogP contribution in [0.3, 0.4) is 0 Å². The van der Waals surface area contributed by atoms with Crippen LogP contribution in [0.25, 0.3) is 0 Å². The van der Waals surface area contributed by atoms with Gasteiger partial charge in [0.1, 0.15) is 0 Å². The maximum Gasteiger partial charge on any atom is 0.320 e. The molecule has 0 aliphatic carbocycles. The van der Waals surface area contributed by atoms with Gasteiger partial charge in [-0.3, -0.25) is 0 Å². The van der Waals surface area contributed by atoms with Crippen molar-refractivity contribution in [2.45, 2.75) is 32.7 Å². The topological polar surface area (TPSA) is 49.6 Å². The van der Waals surface area contributed by atoms with Crippen LogP contribution in [0.15, 0.2) is 0 Å². The molecule has 2 amide bonds. The van der Waals surface area contributed by atoms with E-state index in [0.717, 1.165) is 44.9 Å². The van der Waals surface area contributed by atoms with E-state index in [2.05, 4.69) is 13.8 Å². The van der Waals surface area contributed by atoms with Gasteiger partial charge in [-0.25, -0.2) is 4.79 Å². The Kier molecular flexibility index (Phi) is 5.07. The first-order chi connectivity index (χ1) is 7.58. The van der Waals surface area contributed by atoms with Crippen LogP contribution >= 0.6 is 12.4 Å². The molecule has 0 bridgehead atoms. The van der Waals surface area contributed by atoms with Gasteiger partial charge in [-0.05, 0) is 24.7 Å². The molecular weight excluding hydrogens is 238 g/mol. The molecule has 0 radical (unpaired) electrons. The average Bonchev–Trinajstić information content (AvgIpc) is 2.59. The fraction of sp³-hybridized carbons (Fsp3) is 0.917. The number of nitrogens with two attached hydrogens (primary N) is 1. The maximum atomic E-state index is 12.2. The molecule has 2 N–H and O–H groups in total. The number of urea groups is 1. The van der Waals surface area contributed by atoms with Crippen LogP contribution in [0.2, 0.25) is 0 Å². The molecule has 0 aromatic heterocycles. The van der Waals surface area contributed by atoms with E-state index < -0.39 is 0 Å². The molecule has 0 saturated carbocycles. The third kappa shape index (κ3) is 3.26. The Morgan fingerprint density at radius 3 is 2.18 bits per heavy atom. The lowest BCUT2D eigenvalue weighted by atomic mass is 10.00. The number of nitrogens with zero attached hydrogens (tertiary/aromatic N) is 2. The molecule has 2 fully saturated rings. The predicted molar refractivity (Wildman–Crippen MR) is 71.3 cm³/mol. The van der Waals surface area contributed by atoms with Gasteiger partial charge >= 0.3 is 6.03 Å². The molecule has 4 nitrogen and oxygen atoms in total. The van der Waals surface area contributed by atoms with E-state index in [9.17, 15) is 4.79 Å². The van der Waals surface area contributed by atoms with Gasteiger partial charge in [0.05, 0.1) is 0 Å². The molecule has 2 aliphatic heterocycles. The average molecular weight is 262 g/mol. The predicted octanol–water partition coefficient (Wildman–Crippen LogP) is 1.54. The van der Waals surface area contributed by atoms with Crippen molar-refractivity contribution in [1.29, 1.82) is 0 Å². The van der Waals surface area contributed by atoms with Gasteiger partial charge in [0, 0.05) is 32.2 Å². The van der Waals surface area contributed by atoms with E-state index in [4.69, 9.17) is 5.73 Å². The SMILES string of the molecule is CC1CCN(C(=O)N2CC(C)C(N)C2)CC1.Cl. The third-order valence-electron chi connectivity index (χ3n) is 4.00. The van der Waals surface area contributed by atoms with E-state index in [-0.39, 0.29) is 24.5 Å². The molecule has 2 atom stereocenters. The number of rotatable bonds is 0. The van der Waals surface area contributed by atoms with Gasteiger partial charge in [0.2, 0.25) is 0 Å². The summed E-state index contributed by atoms with van der Waals surface area (Å²) in [6, 6.07) is 0.361. The Morgan fingerprint density at radius 1 is 1.12 bits per heavy atom. The van der Waals surface area contributed by atoms with Crippen LogP contribution in [0.4, 0.5) is 4.79 Å². The highest BCUT2D eigenvalue weighted by atomic mass is 35.5. The Morgan fingerprint density at radius 2 is 1.71 bits per heavy atom. The molecule has 0 aromatic rings. The largest absolute Gasteiger partial charge is 0.326 e. The summed E-state index contributed by atoms with van der Waals surface area (Å²) in [5, 5.41) is 0. The summed E-state index contributed by atoms with van der Waals surface area (Å²) in [5.74, 6) is 1.21. The molecule has 2 saturated heterocycles.